The van der Waals surface area contributed by atoms with Crippen LogP contribution in [0.5, 0.6) is 11.5 Å². The number of fused-ring (bicyclic) bond motifs is 1. The van der Waals surface area contributed by atoms with Crippen molar-refractivity contribution in [1.29, 1.82) is 0 Å². The Hall–Kier alpha value is -2.48. The summed E-state index contributed by atoms with van der Waals surface area (Å²) in [5, 5.41) is 2.94. The molecule has 0 aliphatic carbocycles. The number of rotatable bonds is 4. The molecule has 1 aromatic rings. The van der Waals surface area contributed by atoms with Crippen LogP contribution in [0.1, 0.15) is 32.8 Å². The molecule has 28 heavy (non-hydrogen) atoms. The van der Waals surface area contributed by atoms with Crippen LogP contribution >= 0.6 is 0 Å². The van der Waals surface area contributed by atoms with E-state index in [9.17, 15) is 9.59 Å². The lowest BCUT2D eigenvalue weighted by Gasteiger charge is -2.26. The lowest BCUT2D eigenvalue weighted by molar-refractivity contribution is -0.122. The van der Waals surface area contributed by atoms with E-state index >= 15 is 0 Å². The van der Waals surface area contributed by atoms with E-state index in [0.29, 0.717) is 38.5 Å². The van der Waals surface area contributed by atoms with Crippen molar-refractivity contribution >= 4 is 12.0 Å². The molecule has 1 N–H and O–H groups in total. The van der Waals surface area contributed by atoms with Gasteiger partial charge in [0.2, 0.25) is 12.7 Å². The van der Waals surface area contributed by atoms with Crippen molar-refractivity contribution < 1.29 is 23.8 Å². The van der Waals surface area contributed by atoms with E-state index in [0.717, 1.165) is 24.3 Å². The number of carbonyl (C=O) groups excluding carboxylic acids is 2. The van der Waals surface area contributed by atoms with Crippen molar-refractivity contribution in [1.82, 2.24) is 15.1 Å². The third-order valence-electron chi connectivity index (χ3n) is 4.53. The van der Waals surface area contributed by atoms with Crippen LogP contribution in [0.15, 0.2) is 18.2 Å². The summed E-state index contributed by atoms with van der Waals surface area (Å²) in [5.74, 6) is 1.40. The molecule has 0 aromatic heterocycles. The molecule has 2 aliphatic rings. The summed E-state index contributed by atoms with van der Waals surface area (Å²) < 4.78 is 16.1. The Morgan fingerprint density at radius 1 is 1.11 bits per heavy atom. The van der Waals surface area contributed by atoms with Gasteiger partial charge >= 0.3 is 6.09 Å². The number of benzene rings is 1. The minimum atomic E-state index is -0.502. The lowest BCUT2D eigenvalue weighted by atomic mass is 10.2. The summed E-state index contributed by atoms with van der Waals surface area (Å²) in [6.45, 7) is 9.20. The maximum atomic E-state index is 12.3. The molecule has 154 valence electrons. The number of nitrogens with zero attached hydrogens (tertiary/aromatic N) is 2. The van der Waals surface area contributed by atoms with Gasteiger partial charge in [-0.25, -0.2) is 4.79 Å². The Bertz CT molecular complexity index is 716. The maximum Gasteiger partial charge on any atom is 0.410 e. The molecule has 0 atom stereocenters. The van der Waals surface area contributed by atoms with Gasteiger partial charge in [-0.05, 0) is 44.9 Å². The van der Waals surface area contributed by atoms with Gasteiger partial charge < -0.3 is 24.4 Å². The SMILES string of the molecule is CC(C)(C)OC(=O)N1CCCN(CC(=O)NCc2ccc3c(c2)OCO3)CC1. The smallest absolute Gasteiger partial charge is 0.410 e. The topological polar surface area (TPSA) is 80.3 Å². The molecule has 0 unspecified atom stereocenters. The highest BCUT2D eigenvalue weighted by Gasteiger charge is 2.25. The first kappa shape index (κ1) is 20.3. The monoisotopic (exact) mass is 391 g/mol. The molecule has 0 spiro atoms. The van der Waals surface area contributed by atoms with Gasteiger partial charge in [-0.15, -0.1) is 0 Å². The first-order chi connectivity index (χ1) is 13.3. The molecule has 2 aliphatic heterocycles. The van der Waals surface area contributed by atoms with Crippen LogP contribution in [-0.2, 0) is 16.1 Å². The summed E-state index contributed by atoms with van der Waals surface area (Å²) >= 11 is 0. The van der Waals surface area contributed by atoms with Gasteiger partial charge in [0.1, 0.15) is 5.60 Å². The van der Waals surface area contributed by atoms with E-state index in [-0.39, 0.29) is 18.8 Å². The zero-order valence-corrected chi connectivity index (χ0v) is 16.8. The third kappa shape index (κ3) is 5.76. The van der Waals surface area contributed by atoms with Gasteiger partial charge in [0.15, 0.2) is 11.5 Å². The first-order valence-electron chi connectivity index (χ1n) is 9.66. The second kappa shape index (κ2) is 8.68. The van der Waals surface area contributed by atoms with Crippen molar-refractivity contribution in [2.75, 3.05) is 39.5 Å². The fraction of sp³-hybridized carbons (Fsp3) is 0.600. The van der Waals surface area contributed by atoms with Crippen LogP contribution in [0.25, 0.3) is 0 Å². The van der Waals surface area contributed by atoms with Crippen LogP contribution in [0.2, 0.25) is 0 Å². The second-order valence-electron chi connectivity index (χ2n) is 8.06. The Kier molecular flexibility index (Phi) is 6.28. The number of nitrogens with one attached hydrogen (secondary N) is 1. The minimum Gasteiger partial charge on any atom is -0.454 e. The summed E-state index contributed by atoms with van der Waals surface area (Å²) in [6.07, 6.45) is 0.524. The summed E-state index contributed by atoms with van der Waals surface area (Å²) in [5.41, 5.74) is 0.460. The van der Waals surface area contributed by atoms with Crippen LogP contribution < -0.4 is 14.8 Å². The predicted octanol–water partition coefficient (Wildman–Crippen LogP) is 1.97. The van der Waals surface area contributed by atoms with Gasteiger partial charge in [-0.3, -0.25) is 9.69 Å². The summed E-state index contributed by atoms with van der Waals surface area (Å²) in [7, 11) is 0. The maximum absolute atomic E-state index is 12.3. The molecule has 2 amide bonds. The summed E-state index contributed by atoms with van der Waals surface area (Å²) in [4.78, 5) is 28.3. The molecule has 1 fully saturated rings. The second-order valence-corrected chi connectivity index (χ2v) is 8.06. The number of ether oxygens (including phenoxy) is 3. The van der Waals surface area contributed by atoms with E-state index in [1.165, 1.54) is 0 Å². The highest BCUT2D eigenvalue weighted by atomic mass is 16.7. The quantitative estimate of drug-likeness (QED) is 0.845. The Morgan fingerprint density at radius 3 is 2.68 bits per heavy atom. The molecule has 0 radical (unpaired) electrons. The summed E-state index contributed by atoms with van der Waals surface area (Å²) in [6, 6.07) is 5.65. The average molecular weight is 391 g/mol. The zero-order chi connectivity index (χ0) is 20.1. The molecule has 1 saturated heterocycles. The molecule has 1 aromatic carbocycles. The number of hydrogen-bond donors (Lipinski definition) is 1. The molecular weight excluding hydrogens is 362 g/mol. The van der Waals surface area contributed by atoms with Crippen LogP contribution in [-0.4, -0.2) is 66.9 Å². The zero-order valence-electron chi connectivity index (χ0n) is 16.8. The fourth-order valence-corrected chi connectivity index (χ4v) is 3.15. The Balaban J connectivity index is 1.42. The van der Waals surface area contributed by atoms with E-state index < -0.39 is 5.60 Å². The van der Waals surface area contributed by atoms with Gasteiger partial charge in [0.05, 0.1) is 6.54 Å². The van der Waals surface area contributed by atoms with Gasteiger partial charge in [0.25, 0.3) is 0 Å². The van der Waals surface area contributed by atoms with E-state index in [4.69, 9.17) is 14.2 Å². The molecule has 0 bridgehead atoms. The Labute approximate surface area is 165 Å². The Morgan fingerprint density at radius 2 is 1.89 bits per heavy atom. The lowest BCUT2D eigenvalue weighted by Crippen LogP contribution is -2.41. The number of amides is 2. The molecule has 8 nitrogen and oxygen atoms in total. The van der Waals surface area contributed by atoms with E-state index in [1.54, 1.807) is 4.90 Å². The fourth-order valence-electron chi connectivity index (χ4n) is 3.15. The first-order valence-corrected chi connectivity index (χ1v) is 9.66. The van der Waals surface area contributed by atoms with E-state index in [1.807, 2.05) is 39.0 Å². The highest BCUT2D eigenvalue weighted by molar-refractivity contribution is 5.78. The highest BCUT2D eigenvalue weighted by Crippen LogP contribution is 2.32. The molecule has 0 saturated carbocycles. The van der Waals surface area contributed by atoms with Gasteiger partial charge in [-0.1, -0.05) is 6.07 Å². The van der Waals surface area contributed by atoms with Gasteiger partial charge in [-0.2, -0.15) is 0 Å². The molecule has 8 heteroatoms. The third-order valence-corrected chi connectivity index (χ3v) is 4.53. The predicted molar refractivity (Wildman–Crippen MR) is 103 cm³/mol. The van der Waals surface area contributed by atoms with Gasteiger partial charge in [0, 0.05) is 32.7 Å². The van der Waals surface area contributed by atoms with Crippen LogP contribution in [0, 0.1) is 0 Å². The van der Waals surface area contributed by atoms with E-state index in [2.05, 4.69) is 10.2 Å². The van der Waals surface area contributed by atoms with Crippen molar-refractivity contribution in [3.05, 3.63) is 23.8 Å². The molecule has 2 heterocycles. The molecular formula is C20H29N3O5. The van der Waals surface area contributed by atoms with Crippen molar-refractivity contribution in [2.24, 2.45) is 0 Å². The number of carbonyl (C=O) groups is 2. The van der Waals surface area contributed by atoms with Crippen LogP contribution in [0.3, 0.4) is 0 Å². The van der Waals surface area contributed by atoms with Crippen molar-refractivity contribution in [3.63, 3.8) is 0 Å². The van der Waals surface area contributed by atoms with Crippen LogP contribution in [0.4, 0.5) is 4.79 Å². The van der Waals surface area contributed by atoms with Crippen molar-refractivity contribution in [2.45, 2.75) is 39.3 Å². The normalized spacial score (nSPS) is 17.2. The largest absolute Gasteiger partial charge is 0.454 e. The molecule has 3 rings (SSSR count). The standard InChI is InChI=1S/C20H29N3O5/c1-20(2,3)28-19(25)23-8-4-7-22(9-10-23)13-18(24)21-12-15-5-6-16-17(11-15)27-14-26-16/h5-6,11H,4,7-10,12-14H2,1-3H3,(H,21,24). The number of hydrogen-bond acceptors (Lipinski definition) is 6. The van der Waals surface area contributed by atoms with Crippen molar-refractivity contribution in [3.8, 4) is 11.5 Å². The minimum absolute atomic E-state index is 0.0385. The average Bonchev–Trinajstić information content (AvgIpc) is 2.96.